The molecule has 1 aromatic carbocycles. The Morgan fingerprint density at radius 3 is 2.86 bits per heavy atom. The van der Waals surface area contributed by atoms with Gasteiger partial charge in [0.25, 0.3) is 0 Å². The summed E-state index contributed by atoms with van der Waals surface area (Å²) in [6, 6.07) is 6.34. The molecule has 0 saturated heterocycles. The van der Waals surface area contributed by atoms with E-state index >= 15 is 0 Å². The van der Waals surface area contributed by atoms with E-state index in [1.54, 1.807) is 7.11 Å². The molecule has 2 atom stereocenters. The maximum atomic E-state index is 6.18. The van der Waals surface area contributed by atoms with Crippen molar-refractivity contribution in [2.45, 2.75) is 58.3 Å². The molecular formula is C18H29NO2. The van der Waals surface area contributed by atoms with Crippen molar-refractivity contribution in [3.05, 3.63) is 29.3 Å². The van der Waals surface area contributed by atoms with Crippen LogP contribution >= 0.6 is 0 Å². The predicted molar refractivity (Wildman–Crippen MR) is 86.6 cm³/mol. The van der Waals surface area contributed by atoms with Gasteiger partial charge in [0.2, 0.25) is 0 Å². The number of ether oxygens (including phenoxy) is 2. The van der Waals surface area contributed by atoms with Gasteiger partial charge in [-0.15, -0.1) is 0 Å². The van der Waals surface area contributed by atoms with E-state index in [0.717, 1.165) is 23.8 Å². The molecule has 1 N–H and O–H groups in total. The van der Waals surface area contributed by atoms with Gasteiger partial charge < -0.3 is 14.8 Å². The van der Waals surface area contributed by atoms with E-state index in [2.05, 4.69) is 24.4 Å². The van der Waals surface area contributed by atoms with Crippen LogP contribution in [0.15, 0.2) is 18.2 Å². The second kappa shape index (κ2) is 8.40. The second-order valence-corrected chi connectivity index (χ2v) is 6.05. The Morgan fingerprint density at radius 1 is 1.29 bits per heavy atom. The predicted octanol–water partition coefficient (Wildman–Crippen LogP) is 3.90. The van der Waals surface area contributed by atoms with E-state index in [9.17, 15) is 0 Å². The molecule has 1 aliphatic carbocycles. The van der Waals surface area contributed by atoms with E-state index in [1.165, 1.54) is 37.7 Å². The first-order valence-electron chi connectivity index (χ1n) is 8.18. The third kappa shape index (κ3) is 4.72. The van der Waals surface area contributed by atoms with Gasteiger partial charge in [-0.2, -0.15) is 0 Å². The van der Waals surface area contributed by atoms with Crippen LogP contribution in [0.5, 0.6) is 5.75 Å². The minimum Gasteiger partial charge on any atom is -0.496 e. The molecular weight excluding hydrogens is 262 g/mol. The van der Waals surface area contributed by atoms with Gasteiger partial charge >= 0.3 is 0 Å². The Balaban J connectivity index is 1.96. The lowest BCUT2D eigenvalue weighted by atomic mass is 9.85. The molecule has 1 aromatic rings. The molecule has 0 bridgehead atoms. The zero-order valence-electron chi connectivity index (χ0n) is 13.7. The Bertz CT molecular complexity index is 433. The van der Waals surface area contributed by atoms with Crippen LogP contribution in [0.25, 0.3) is 0 Å². The van der Waals surface area contributed by atoms with Gasteiger partial charge in [-0.05, 0) is 43.5 Å². The normalized spacial score (nSPS) is 22.2. The molecule has 0 radical (unpaired) electrons. The molecule has 1 aliphatic rings. The van der Waals surface area contributed by atoms with Crippen LogP contribution in [-0.4, -0.2) is 20.3 Å². The molecule has 0 aliphatic heterocycles. The van der Waals surface area contributed by atoms with Gasteiger partial charge in [0.05, 0.1) is 19.8 Å². The Morgan fingerprint density at radius 2 is 2.14 bits per heavy atom. The standard InChI is InChI=1S/C18H29NO2/c1-4-14-6-5-7-17(11-14)21-13-16-10-15(12-19-2)8-9-18(16)20-3/h8-10,14,17,19H,4-7,11-13H2,1-3H3. The van der Waals surface area contributed by atoms with Crippen molar-refractivity contribution in [1.82, 2.24) is 5.32 Å². The van der Waals surface area contributed by atoms with Gasteiger partial charge in [-0.3, -0.25) is 0 Å². The molecule has 0 aromatic heterocycles. The second-order valence-electron chi connectivity index (χ2n) is 6.05. The highest BCUT2D eigenvalue weighted by Crippen LogP contribution is 2.30. The van der Waals surface area contributed by atoms with E-state index in [0.29, 0.717) is 12.7 Å². The van der Waals surface area contributed by atoms with Crippen LogP contribution in [-0.2, 0) is 17.9 Å². The number of hydrogen-bond donors (Lipinski definition) is 1. The molecule has 0 heterocycles. The first-order valence-corrected chi connectivity index (χ1v) is 8.18. The fourth-order valence-electron chi connectivity index (χ4n) is 3.23. The van der Waals surface area contributed by atoms with Crippen molar-refractivity contribution in [2.24, 2.45) is 5.92 Å². The minimum absolute atomic E-state index is 0.418. The zero-order valence-corrected chi connectivity index (χ0v) is 13.7. The zero-order chi connectivity index (χ0) is 15.1. The molecule has 2 rings (SSSR count). The van der Waals surface area contributed by atoms with Crippen LogP contribution in [0.1, 0.15) is 50.2 Å². The summed E-state index contributed by atoms with van der Waals surface area (Å²) < 4.78 is 11.6. The minimum atomic E-state index is 0.418. The number of rotatable bonds is 7. The summed E-state index contributed by atoms with van der Waals surface area (Å²) in [7, 11) is 3.69. The Kier molecular flexibility index (Phi) is 6.52. The summed E-state index contributed by atoms with van der Waals surface area (Å²) in [6.45, 7) is 3.82. The number of benzene rings is 1. The molecule has 3 nitrogen and oxygen atoms in total. The lowest BCUT2D eigenvalue weighted by Gasteiger charge is -2.28. The smallest absolute Gasteiger partial charge is 0.124 e. The van der Waals surface area contributed by atoms with Crippen molar-refractivity contribution < 1.29 is 9.47 Å². The molecule has 2 unspecified atom stereocenters. The van der Waals surface area contributed by atoms with Crippen molar-refractivity contribution in [1.29, 1.82) is 0 Å². The summed E-state index contributed by atoms with van der Waals surface area (Å²) in [5, 5.41) is 3.19. The van der Waals surface area contributed by atoms with E-state index in [4.69, 9.17) is 9.47 Å². The maximum Gasteiger partial charge on any atom is 0.124 e. The largest absolute Gasteiger partial charge is 0.496 e. The van der Waals surface area contributed by atoms with Crippen molar-refractivity contribution in [2.75, 3.05) is 14.2 Å². The molecule has 0 spiro atoms. The van der Waals surface area contributed by atoms with Crippen LogP contribution < -0.4 is 10.1 Å². The van der Waals surface area contributed by atoms with Gasteiger partial charge in [0.1, 0.15) is 5.75 Å². The number of methoxy groups -OCH3 is 1. The summed E-state index contributed by atoms with van der Waals surface area (Å²) in [5.41, 5.74) is 2.43. The van der Waals surface area contributed by atoms with Crippen LogP contribution in [0.4, 0.5) is 0 Å². The average Bonchev–Trinajstić information content (AvgIpc) is 2.53. The molecule has 1 saturated carbocycles. The van der Waals surface area contributed by atoms with Gasteiger partial charge in [-0.1, -0.05) is 32.3 Å². The maximum absolute atomic E-state index is 6.18. The third-order valence-corrected chi connectivity index (χ3v) is 4.51. The van der Waals surface area contributed by atoms with Crippen LogP contribution in [0.2, 0.25) is 0 Å². The topological polar surface area (TPSA) is 30.5 Å². The van der Waals surface area contributed by atoms with Crippen molar-refractivity contribution in [3.8, 4) is 5.75 Å². The summed E-state index contributed by atoms with van der Waals surface area (Å²) in [4.78, 5) is 0. The number of hydrogen-bond acceptors (Lipinski definition) is 3. The first-order chi connectivity index (χ1) is 10.3. The van der Waals surface area contributed by atoms with Gasteiger partial charge in [0.15, 0.2) is 0 Å². The van der Waals surface area contributed by atoms with Crippen LogP contribution in [0.3, 0.4) is 0 Å². The monoisotopic (exact) mass is 291 g/mol. The SMILES string of the molecule is CCC1CCCC(OCc2cc(CNC)ccc2OC)C1. The Hall–Kier alpha value is -1.06. The van der Waals surface area contributed by atoms with Crippen molar-refractivity contribution in [3.63, 3.8) is 0 Å². The molecule has 118 valence electrons. The highest BCUT2D eigenvalue weighted by atomic mass is 16.5. The fraction of sp³-hybridized carbons (Fsp3) is 0.667. The molecule has 0 amide bonds. The van der Waals surface area contributed by atoms with Gasteiger partial charge in [0, 0.05) is 12.1 Å². The summed E-state index contributed by atoms with van der Waals surface area (Å²) in [5.74, 6) is 1.78. The lowest BCUT2D eigenvalue weighted by Crippen LogP contribution is -2.22. The highest BCUT2D eigenvalue weighted by Gasteiger charge is 2.21. The number of nitrogens with one attached hydrogen (secondary N) is 1. The average molecular weight is 291 g/mol. The highest BCUT2D eigenvalue weighted by molar-refractivity contribution is 5.36. The third-order valence-electron chi connectivity index (χ3n) is 4.51. The lowest BCUT2D eigenvalue weighted by molar-refractivity contribution is 0.00105. The van der Waals surface area contributed by atoms with Crippen molar-refractivity contribution >= 4 is 0 Å². The van der Waals surface area contributed by atoms with Gasteiger partial charge in [-0.25, -0.2) is 0 Å². The molecule has 1 fully saturated rings. The van der Waals surface area contributed by atoms with Crippen LogP contribution in [0, 0.1) is 5.92 Å². The van der Waals surface area contributed by atoms with E-state index in [1.807, 2.05) is 13.1 Å². The fourth-order valence-corrected chi connectivity index (χ4v) is 3.23. The Labute approximate surface area is 129 Å². The summed E-state index contributed by atoms with van der Waals surface area (Å²) in [6.07, 6.45) is 6.80. The molecule has 3 heteroatoms. The molecule has 21 heavy (non-hydrogen) atoms. The van der Waals surface area contributed by atoms with E-state index < -0.39 is 0 Å². The summed E-state index contributed by atoms with van der Waals surface area (Å²) >= 11 is 0. The van der Waals surface area contributed by atoms with E-state index in [-0.39, 0.29) is 0 Å². The first kappa shape index (κ1) is 16.3. The quantitative estimate of drug-likeness (QED) is 0.826.